The fraction of sp³-hybridized carbons (Fsp3) is 0.500. The maximum Gasteiger partial charge on any atom is 0.242 e. The zero-order chi connectivity index (χ0) is 15.5. The number of hydrogen-bond donors (Lipinski definition) is 1. The molecule has 1 heterocycles. The Labute approximate surface area is 130 Å². The Morgan fingerprint density at radius 2 is 1.86 bits per heavy atom. The number of rotatable bonds is 4. The lowest BCUT2D eigenvalue weighted by molar-refractivity contribution is -0.133. The molecular weight excluding hydrogens is 312 g/mol. The minimum Gasteiger partial charge on any atom is -0.341 e. The number of likely N-dealkylation sites (tertiary alicyclic amines) is 1. The van der Waals surface area contributed by atoms with Crippen LogP contribution in [0.3, 0.4) is 0 Å². The minimum absolute atomic E-state index is 0.00930. The molecule has 1 amide bonds. The molecule has 1 saturated heterocycles. The van der Waals surface area contributed by atoms with Gasteiger partial charge in [-0.15, -0.1) is 0 Å². The van der Waals surface area contributed by atoms with Crippen molar-refractivity contribution in [1.29, 1.82) is 0 Å². The van der Waals surface area contributed by atoms with Gasteiger partial charge in [0.1, 0.15) is 4.90 Å². The number of amides is 1. The Hall–Kier alpha value is -1.11. The third kappa shape index (κ3) is 3.96. The molecule has 116 valence electrons. The van der Waals surface area contributed by atoms with Crippen molar-refractivity contribution >= 4 is 27.5 Å². The molecule has 1 aromatic rings. The first-order valence-corrected chi connectivity index (χ1v) is 8.83. The normalized spacial score (nSPS) is 17.5. The summed E-state index contributed by atoms with van der Waals surface area (Å²) in [7, 11) is -3.80. The number of sulfonamides is 1. The number of halogens is 1. The van der Waals surface area contributed by atoms with Crippen molar-refractivity contribution in [2.24, 2.45) is 0 Å². The fourth-order valence-corrected chi connectivity index (χ4v) is 4.11. The maximum atomic E-state index is 12.3. The number of nitrogens with zero attached hydrogens (tertiary/aromatic N) is 1. The zero-order valence-corrected chi connectivity index (χ0v) is 13.5. The van der Waals surface area contributed by atoms with Gasteiger partial charge in [0.15, 0.2) is 0 Å². The van der Waals surface area contributed by atoms with Crippen LogP contribution in [-0.4, -0.2) is 38.4 Å². The summed E-state index contributed by atoms with van der Waals surface area (Å²) in [5, 5.41) is 0.141. The summed E-state index contributed by atoms with van der Waals surface area (Å²) < 4.78 is 27.0. The van der Waals surface area contributed by atoms with Crippen molar-refractivity contribution in [3.05, 3.63) is 29.3 Å². The molecule has 0 spiro atoms. The van der Waals surface area contributed by atoms with Crippen LogP contribution in [0.4, 0.5) is 0 Å². The molecule has 0 saturated carbocycles. The highest BCUT2D eigenvalue weighted by Gasteiger charge is 2.27. The second-order valence-corrected chi connectivity index (χ2v) is 7.25. The Balaban J connectivity index is 2.09. The van der Waals surface area contributed by atoms with Crippen LogP contribution in [0.5, 0.6) is 0 Å². The summed E-state index contributed by atoms with van der Waals surface area (Å²) >= 11 is 5.91. The molecule has 0 bridgehead atoms. The first kappa shape index (κ1) is 16.3. The van der Waals surface area contributed by atoms with Gasteiger partial charge in [0.05, 0.1) is 11.1 Å². The van der Waals surface area contributed by atoms with Crippen LogP contribution in [0.15, 0.2) is 29.2 Å². The van der Waals surface area contributed by atoms with E-state index >= 15 is 0 Å². The maximum absolute atomic E-state index is 12.3. The summed E-state index contributed by atoms with van der Waals surface area (Å²) in [6, 6.07) is 5.38. The summed E-state index contributed by atoms with van der Waals surface area (Å²) in [6.07, 6.45) is 3.05. The highest BCUT2D eigenvalue weighted by molar-refractivity contribution is 7.89. The molecule has 1 aliphatic rings. The van der Waals surface area contributed by atoms with Crippen molar-refractivity contribution in [2.45, 2.75) is 37.1 Å². The van der Waals surface area contributed by atoms with E-state index in [1.165, 1.54) is 12.1 Å². The van der Waals surface area contributed by atoms with E-state index in [4.69, 9.17) is 11.6 Å². The van der Waals surface area contributed by atoms with E-state index in [-0.39, 0.29) is 15.8 Å². The quantitative estimate of drug-likeness (QED) is 0.918. The standard InChI is InChI=1S/C14H19ClN2O3S/c1-11(14(18)17-9-5-2-6-10-17)16-21(19,20)13-8-4-3-7-12(13)15/h3-4,7-8,11,16H,2,5-6,9-10H2,1H3/t11-/m1/s1. The molecular formula is C14H19ClN2O3S. The van der Waals surface area contributed by atoms with Gasteiger partial charge in [0.2, 0.25) is 15.9 Å². The van der Waals surface area contributed by atoms with Crippen LogP contribution in [0.25, 0.3) is 0 Å². The van der Waals surface area contributed by atoms with E-state index < -0.39 is 16.1 Å². The van der Waals surface area contributed by atoms with Crippen molar-refractivity contribution in [2.75, 3.05) is 13.1 Å². The van der Waals surface area contributed by atoms with Crippen LogP contribution in [0, 0.1) is 0 Å². The predicted octanol–water partition coefficient (Wildman–Crippen LogP) is 2.02. The molecule has 0 unspecified atom stereocenters. The van der Waals surface area contributed by atoms with Crippen molar-refractivity contribution in [3.63, 3.8) is 0 Å². The van der Waals surface area contributed by atoms with Crippen molar-refractivity contribution < 1.29 is 13.2 Å². The van der Waals surface area contributed by atoms with Crippen molar-refractivity contribution in [3.8, 4) is 0 Å². The molecule has 1 fully saturated rings. The van der Waals surface area contributed by atoms with E-state index in [1.54, 1.807) is 24.0 Å². The molecule has 1 N–H and O–H groups in total. The molecule has 21 heavy (non-hydrogen) atoms. The Kier molecular flexibility index (Phi) is 5.24. The average molecular weight is 331 g/mol. The predicted molar refractivity (Wildman–Crippen MR) is 81.7 cm³/mol. The summed E-state index contributed by atoms with van der Waals surface area (Å²) in [5.41, 5.74) is 0. The Morgan fingerprint density at radius 3 is 2.48 bits per heavy atom. The van der Waals surface area contributed by atoms with E-state index in [1.807, 2.05) is 0 Å². The number of carbonyl (C=O) groups excluding carboxylic acids is 1. The first-order chi connectivity index (χ1) is 9.92. The summed E-state index contributed by atoms with van der Waals surface area (Å²) in [6.45, 7) is 2.94. The third-order valence-electron chi connectivity index (χ3n) is 3.50. The van der Waals surface area contributed by atoms with Crippen LogP contribution in [0.2, 0.25) is 5.02 Å². The molecule has 1 aromatic carbocycles. The minimum atomic E-state index is -3.80. The average Bonchev–Trinajstić information content (AvgIpc) is 2.47. The zero-order valence-electron chi connectivity index (χ0n) is 11.9. The van der Waals surface area contributed by atoms with Gasteiger partial charge in [-0.3, -0.25) is 4.79 Å². The lowest BCUT2D eigenvalue weighted by Crippen LogP contribution is -2.48. The smallest absolute Gasteiger partial charge is 0.242 e. The van der Waals surface area contributed by atoms with Crippen LogP contribution in [0.1, 0.15) is 26.2 Å². The summed E-state index contributed by atoms with van der Waals surface area (Å²) in [4.78, 5) is 14.0. The van der Waals surface area contributed by atoms with Gasteiger partial charge in [-0.2, -0.15) is 4.72 Å². The molecule has 0 aliphatic carbocycles. The van der Waals surface area contributed by atoms with Gasteiger partial charge < -0.3 is 4.90 Å². The van der Waals surface area contributed by atoms with E-state index in [0.29, 0.717) is 13.1 Å². The fourth-order valence-electron chi connectivity index (χ4n) is 2.40. The molecule has 5 nitrogen and oxygen atoms in total. The SMILES string of the molecule is C[C@@H](NS(=O)(=O)c1ccccc1Cl)C(=O)N1CCCCC1. The van der Waals surface area contributed by atoms with E-state index in [2.05, 4.69) is 4.72 Å². The Morgan fingerprint density at radius 1 is 1.24 bits per heavy atom. The van der Waals surface area contributed by atoms with E-state index in [9.17, 15) is 13.2 Å². The first-order valence-electron chi connectivity index (χ1n) is 6.97. The molecule has 0 radical (unpaired) electrons. The highest BCUT2D eigenvalue weighted by atomic mass is 35.5. The van der Waals surface area contributed by atoms with Crippen LogP contribution < -0.4 is 4.72 Å². The number of piperidine rings is 1. The third-order valence-corrected chi connectivity index (χ3v) is 5.54. The molecule has 2 rings (SSSR count). The van der Waals surface area contributed by atoms with Gasteiger partial charge in [0, 0.05) is 13.1 Å². The van der Waals surface area contributed by atoms with E-state index in [0.717, 1.165) is 19.3 Å². The monoisotopic (exact) mass is 330 g/mol. The van der Waals surface area contributed by atoms with Crippen LogP contribution >= 0.6 is 11.6 Å². The number of benzene rings is 1. The molecule has 7 heteroatoms. The lowest BCUT2D eigenvalue weighted by Gasteiger charge is -2.29. The lowest BCUT2D eigenvalue weighted by atomic mass is 10.1. The number of carbonyl (C=O) groups is 1. The Bertz CT molecular complexity index is 612. The highest BCUT2D eigenvalue weighted by Crippen LogP contribution is 2.20. The second-order valence-electron chi connectivity index (χ2n) is 5.16. The molecule has 1 atom stereocenters. The van der Waals surface area contributed by atoms with Gasteiger partial charge in [0.25, 0.3) is 0 Å². The summed E-state index contributed by atoms with van der Waals surface area (Å²) in [5.74, 6) is -0.190. The molecule has 1 aliphatic heterocycles. The second kappa shape index (κ2) is 6.77. The number of hydrogen-bond acceptors (Lipinski definition) is 3. The van der Waals surface area contributed by atoms with Gasteiger partial charge >= 0.3 is 0 Å². The van der Waals surface area contributed by atoms with Crippen molar-refractivity contribution in [1.82, 2.24) is 9.62 Å². The van der Waals surface area contributed by atoms with Gasteiger partial charge in [-0.25, -0.2) is 8.42 Å². The molecule has 0 aromatic heterocycles. The topological polar surface area (TPSA) is 66.5 Å². The van der Waals surface area contributed by atoms with Gasteiger partial charge in [-0.05, 0) is 38.3 Å². The van der Waals surface area contributed by atoms with Crippen LogP contribution in [-0.2, 0) is 14.8 Å². The number of nitrogens with one attached hydrogen (secondary N) is 1. The largest absolute Gasteiger partial charge is 0.341 e. The van der Waals surface area contributed by atoms with Gasteiger partial charge in [-0.1, -0.05) is 23.7 Å².